The van der Waals surface area contributed by atoms with Crippen molar-refractivity contribution in [2.45, 2.75) is 25.0 Å². The van der Waals surface area contributed by atoms with Gasteiger partial charge in [0.25, 0.3) is 0 Å². The number of nitrogens with one attached hydrogen (secondary N) is 1. The fourth-order valence-electron chi connectivity index (χ4n) is 4.52. The predicted octanol–water partition coefficient (Wildman–Crippen LogP) is 2.50. The van der Waals surface area contributed by atoms with Crippen molar-refractivity contribution in [3.8, 4) is 22.9 Å². The Bertz CT molecular complexity index is 1330. The molecule has 35 heavy (non-hydrogen) atoms. The van der Waals surface area contributed by atoms with Crippen LogP contribution in [0.15, 0.2) is 24.7 Å². The van der Waals surface area contributed by atoms with Crippen LogP contribution in [0.25, 0.3) is 5.69 Å². The number of hydrogen-bond donors (Lipinski definition) is 1. The quantitative estimate of drug-likeness (QED) is 0.518. The summed E-state index contributed by atoms with van der Waals surface area (Å²) in [5.41, 5.74) is 2.28. The first-order valence-electron chi connectivity index (χ1n) is 11.4. The third-order valence-corrected chi connectivity index (χ3v) is 7.82. The summed E-state index contributed by atoms with van der Waals surface area (Å²) in [5, 5.41) is 3.19. The summed E-state index contributed by atoms with van der Waals surface area (Å²) in [6.45, 7) is 1.72. The maximum atomic E-state index is 12.3. The van der Waals surface area contributed by atoms with E-state index < -0.39 is 9.84 Å². The SMILES string of the molecule is COc1cc(-n2cnc(Nc3nc4c(c(N5CCCC5)n3)CS(=O)(=O)CC4)c2)cc(OC)c1OC. The Morgan fingerprint density at radius 2 is 1.71 bits per heavy atom. The van der Waals surface area contributed by atoms with Crippen molar-refractivity contribution in [2.75, 3.05) is 50.4 Å². The van der Waals surface area contributed by atoms with Gasteiger partial charge in [-0.25, -0.2) is 18.4 Å². The minimum absolute atomic E-state index is 0.00971. The van der Waals surface area contributed by atoms with Crippen LogP contribution in [0.4, 0.5) is 17.6 Å². The molecule has 3 aromatic rings. The average Bonchev–Trinajstić information content (AvgIpc) is 3.55. The van der Waals surface area contributed by atoms with E-state index >= 15 is 0 Å². The first kappa shape index (κ1) is 23.2. The van der Waals surface area contributed by atoms with Crippen molar-refractivity contribution in [1.29, 1.82) is 0 Å². The van der Waals surface area contributed by atoms with Gasteiger partial charge < -0.3 is 29.0 Å². The van der Waals surface area contributed by atoms with Crippen molar-refractivity contribution in [2.24, 2.45) is 0 Å². The zero-order valence-electron chi connectivity index (χ0n) is 19.9. The molecule has 5 rings (SSSR count). The topological polar surface area (TPSA) is 121 Å². The number of rotatable bonds is 7. The number of ether oxygens (including phenoxy) is 3. The highest BCUT2D eigenvalue weighted by molar-refractivity contribution is 7.90. The van der Waals surface area contributed by atoms with E-state index in [9.17, 15) is 8.42 Å². The molecule has 1 saturated heterocycles. The summed E-state index contributed by atoms with van der Waals surface area (Å²) in [6, 6.07) is 3.66. The van der Waals surface area contributed by atoms with E-state index in [1.165, 1.54) is 0 Å². The molecule has 0 amide bonds. The van der Waals surface area contributed by atoms with Gasteiger partial charge in [0, 0.05) is 37.2 Å². The van der Waals surface area contributed by atoms with Gasteiger partial charge in [0.05, 0.1) is 50.4 Å². The Labute approximate surface area is 204 Å². The molecule has 0 bridgehead atoms. The highest BCUT2D eigenvalue weighted by atomic mass is 32.2. The highest BCUT2D eigenvalue weighted by Crippen LogP contribution is 2.39. The fourth-order valence-corrected chi connectivity index (χ4v) is 5.91. The van der Waals surface area contributed by atoms with Crippen molar-refractivity contribution in [3.05, 3.63) is 35.9 Å². The lowest BCUT2D eigenvalue weighted by Gasteiger charge is -2.25. The summed E-state index contributed by atoms with van der Waals surface area (Å²) in [7, 11) is 1.56. The van der Waals surface area contributed by atoms with Crippen LogP contribution in [-0.4, -0.2) is 68.1 Å². The predicted molar refractivity (Wildman–Crippen MR) is 131 cm³/mol. The highest BCUT2D eigenvalue weighted by Gasteiger charge is 2.29. The number of fused-ring (bicyclic) bond motifs is 1. The number of sulfone groups is 1. The molecule has 0 spiro atoms. The van der Waals surface area contributed by atoms with E-state index in [0.29, 0.717) is 41.3 Å². The Morgan fingerprint density at radius 1 is 1.00 bits per heavy atom. The van der Waals surface area contributed by atoms with Gasteiger partial charge in [-0.15, -0.1) is 0 Å². The molecule has 1 aromatic carbocycles. The molecule has 0 saturated carbocycles. The van der Waals surface area contributed by atoms with Crippen LogP contribution < -0.4 is 24.4 Å². The zero-order chi connectivity index (χ0) is 24.6. The molecule has 11 nitrogen and oxygen atoms in total. The van der Waals surface area contributed by atoms with E-state index in [2.05, 4.69) is 20.2 Å². The first-order valence-corrected chi connectivity index (χ1v) is 13.2. The smallest absolute Gasteiger partial charge is 0.230 e. The lowest BCUT2D eigenvalue weighted by molar-refractivity contribution is 0.324. The van der Waals surface area contributed by atoms with Gasteiger partial charge in [-0.1, -0.05) is 0 Å². The second-order valence-corrected chi connectivity index (χ2v) is 10.7. The minimum Gasteiger partial charge on any atom is -0.493 e. The molecular weight excluding hydrogens is 472 g/mol. The summed E-state index contributed by atoms with van der Waals surface area (Å²) in [6.07, 6.45) is 5.98. The number of aryl methyl sites for hydroxylation is 1. The Kier molecular flexibility index (Phi) is 6.13. The lowest BCUT2D eigenvalue weighted by Crippen LogP contribution is -2.27. The van der Waals surface area contributed by atoms with Crippen LogP contribution in [0.2, 0.25) is 0 Å². The molecule has 0 unspecified atom stereocenters. The van der Waals surface area contributed by atoms with Gasteiger partial charge >= 0.3 is 0 Å². The van der Waals surface area contributed by atoms with Gasteiger partial charge in [0.1, 0.15) is 12.1 Å². The van der Waals surface area contributed by atoms with Crippen LogP contribution in [0, 0.1) is 0 Å². The van der Waals surface area contributed by atoms with E-state index in [1.54, 1.807) is 27.7 Å². The van der Waals surface area contributed by atoms with E-state index in [-0.39, 0.29) is 11.5 Å². The van der Waals surface area contributed by atoms with Crippen LogP contribution in [0.5, 0.6) is 17.2 Å². The molecule has 1 N–H and O–H groups in total. The molecule has 0 aliphatic carbocycles. The van der Waals surface area contributed by atoms with E-state index in [1.807, 2.05) is 22.9 Å². The third-order valence-electron chi connectivity index (χ3n) is 6.26. The molecular formula is C23H28N6O5S. The summed E-state index contributed by atoms with van der Waals surface area (Å²) in [5.74, 6) is 3.34. The number of nitrogens with zero attached hydrogens (tertiary/aromatic N) is 5. The minimum atomic E-state index is -3.14. The lowest BCUT2D eigenvalue weighted by atomic mass is 10.1. The molecule has 0 atom stereocenters. The number of aromatic nitrogens is 4. The zero-order valence-corrected chi connectivity index (χ0v) is 20.8. The first-order chi connectivity index (χ1) is 16.9. The summed E-state index contributed by atoms with van der Waals surface area (Å²) >= 11 is 0. The second kappa shape index (κ2) is 9.25. The fraction of sp³-hybridized carbons (Fsp3) is 0.435. The number of hydrogen-bond acceptors (Lipinski definition) is 10. The normalized spacial score (nSPS) is 16.6. The summed E-state index contributed by atoms with van der Waals surface area (Å²) < 4.78 is 42.7. The molecule has 0 radical (unpaired) electrons. The average molecular weight is 501 g/mol. The Hall–Kier alpha value is -3.54. The standard InChI is InChI=1S/C23H28N6O5S/c1-32-18-10-15(11-19(33-2)21(18)34-3)29-12-20(24-14-29)26-23-25-17-6-9-35(30,31)13-16(17)22(27-23)28-7-4-5-8-28/h10-12,14H,4-9,13H2,1-3H3,(H,25,26,27). The van der Waals surface area contributed by atoms with Gasteiger partial charge in [-0.05, 0) is 12.8 Å². The van der Waals surface area contributed by atoms with Crippen LogP contribution in [0.3, 0.4) is 0 Å². The van der Waals surface area contributed by atoms with Crippen molar-refractivity contribution >= 4 is 27.4 Å². The maximum absolute atomic E-state index is 12.3. The Balaban J connectivity index is 1.46. The number of methoxy groups -OCH3 is 3. The maximum Gasteiger partial charge on any atom is 0.230 e. The number of imidazole rings is 1. The molecule has 2 aliphatic rings. The second-order valence-electron chi connectivity index (χ2n) is 8.51. The number of anilines is 3. The van der Waals surface area contributed by atoms with Crippen LogP contribution in [0.1, 0.15) is 24.1 Å². The molecule has 1 fully saturated rings. The van der Waals surface area contributed by atoms with Crippen molar-refractivity contribution in [3.63, 3.8) is 0 Å². The van der Waals surface area contributed by atoms with E-state index in [0.717, 1.165) is 42.9 Å². The van der Waals surface area contributed by atoms with Crippen LogP contribution in [-0.2, 0) is 22.0 Å². The molecule has 186 valence electrons. The monoisotopic (exact) mass is 500 g/mol. The van der Waals surface area contributed by atoms with Gasteiger partial charge in [0.15, 0.2) is 27.2 Å². The van der Waals surface area contributed by atoms with Crippen molar-refractivity contribution in [1.82, 2.24) is 19.5 Å². The molecule has 2 aromatic heterocycles. The molecule has 2 aliphatic heterocycles. The third kappa shape index (κ3) is 4.57. The van der Waals surface area contributed by atoms with Gasteiger partial charge in [-0.3, -0.25) is 0 Å². The van der Waals surface area contributed by atoms with Gasteiger partial charge in [0.2, 0.25) is 11.7 Å². The van der Waals surface area contributed by atoms with Crippen LogP contribution >= 0.6 is 0 Å². The Morgan fingerprint density at radius 3 is 2.37 bits per heavy atom. The summed E-state index contributed by atoms with van der Waals surface area (Å²) in [4.78, 5) is 16.0. The van der Waals surface area contributed by atoms with E-state index in [4.69, 9.17) is 19.2 Å². The van der Waals surface area contributed by atoms with Gasteiger partial charge in [-0.2, -0.15) is 4.98 Å². The molecule has 12 heteroatoms. The van der Waals surface area contributed by atoms with Crippen molar-refractivity contribution < 1.29 is 22.6 Å². The number of benzene rings is 1. The largest absolute Gasteiger partial charge is 0.493 e. The molecule has 4 heterocycles.